The summed E-state index contributed by atoms with van der Waals surface area (Å²) in [6.07, 6.45) is 0. The first kappa shape index (κ1) is 16.9. The predicted octanol–water partition coefficient (Wildman–Crippen LogP) is 4.13. The second kappa shape index (κ2) is 8.22. The average Bonchev–Trinajstić information content (AvgIpc) is 2.58. The normalized spacial score (nSPS) is 11.4. The smallest absolute Gasteiger partial charge is 0.119 e. The summed E-state index contributed by atoms with van der Waals surface area (Å²) in [6.45, 7) is 4.96. The van der Waals surface area contributed by atoms with Crippen molar-refractivity contribution < 1.29 is 14.3 Å². The number of methoxy groups -OCH3 is 1. The first-order chi connectivity index (χ1) is 11.1. The second-order valence-corrected chi connectivity index (χ2v) is 5.58. The van der Waals surface area contributed by atoms with Gasteiger partial charge in [0.05, 0.1) is 13.7 Å². The molecule has 0 unspecified atom stereocenters. The van der Waals surface area contributed by atoms with Crippen LogP contribution in [-0.2, 0) is 4.84 Å². The number of nitrogens with zero attached hydrogens (tertiary/aromatic N) is 1. The Bertz CT molecular complexity index is 631. The number of hydrogen-bond acceptors (Lipinski definition) is 4. The predicted molar refractivity (Wildman–Crippen MR) is 92.4 cm³/mol. The lowest BCUT2D eigenvalue weighted by Gasteiger charge is -2.10. The van der Waals surface area contributed by atoms with Crippen LogP contribution in [0.25, 0.3) is 0 Å². The van der Waals surface area contributed by atoms with Crippen molar-refractivity contribution in [2.75, 3.05) is 20.8 Å². The Morgan fingerprint density at radius 2 is 1.39 bits per heavy atom. The molecule has 0 spiro atoms. The summed E-state index contributed by atoms with van der Waals surface area (Å²) in [7, 11) is 3.19. The summed E-state index contributed by atoms with van der Waals surface area (Å²) in [5.74, 6) is 2.16. The summed E-state index contributed by atoms with van der Waals surface area (Å²) in [5, 5.41) is 4.16. The van der Waals surface area contributed by atoms with E-state index in [0.717, 1.165) is 28.3 Å². The van der Waals surface area contributed by atoms with Gasteiger partial charge in [-0.3, -0.25) is 0 Å². The van der Waals surface area contributed by atoms with E-state index < -0.39 is 0 Å². The molecular formula is C19H23NO3. The number of oxime groups is 1. The minimum Gasteiger partial charge on any atom is -0.497 e. The highest BCUT2D eigenvalue weighted by Gasteiger charge is 2.09. The second-order valence-electron chi connectivity index (χ2n) is 5.58. The zero-order valence-corrected chi connectivity index (χ0v) is 14.1. The third-order valence-corrected chi connectivity index (χ3v) is 3.26. The van der Waals surface area contributed by atoms with E-state index in [2.05, 4.69) is 19.0 Å². The lowest BCUT2D eigenvalue weighted by Crippen LogP contribution is -2.06. The highest BCUT2D eigenvalue weighted by atomic mass is 16.6. The molecule has 0 saturated carbocycles. The zero-order valence-electron chi connectivity index (χ0n) is 14.1. The van der Waals surface area contributed by atoms with E-state index >= 15 is 0 Å². The summed E-state index contributed by atoms with van der Waals surface area (Å²) < 4.78 is 10.9. The van der Waals surface area contributed by atoms with Gasteiger partial charge in [0, 0.05) is 11.1 Å². The van der Waals surface area contributed by atoms with E-state index in [0.29, 0.717) is 12.5 Å². The Kier molecular flexibility index (Phi) is 6.03. The van der Waals surface area contributed by atoms with E-state index in [-0.39, 0.29) is 0 Å². The molecular weight excluding hydrogens is 290 g/mol. The SMILES string of the molecule is CO/N=C(\c1ccc(OC)cc1)c1ccc(OCC(C)C)cc1. The lowest BCUT2D eigenvalue weighted by molar-refractivity contribution is 0.214. The first-order valence-corrected chi connectivity index (χ1v) is 7.63. The van der Waals surface area contributed by atoms with Crippen molar-refractivity contribution in [1.29, 1.82) is 0 Å². The van der Waals surface area contributed by atoms with E-state index in [1.165, 1.54) is 0 Å². The van der Waals surface area contributed by atoms with E-state index in [1.807, 2.05) is 48.5 Å². The van der Waals surface area contributed by atoms with E-state index in [4.69, 9.17) is 14.3 Å². The maximum absolute atomic E-state index is 5.71. The van der Waals surface area contributed by atoms with Gasteiger partial charge in [-0.05, 0) is 54.4 Å². The number of ether oxygens (including phenoxy) is 2. The molecule has 0 bridgehead atoms. The van der Waals surface area contributed by atoms with Gasteiger partial charge < -0.3 is 14.3 Å². The quantitative estimate of drug-likeness (QED) is 0.570. The largest absolute Gasteiger partial charge is 0.497 e. The molecule has 0 radical (unpaired) electrons. The third kappa shape index (κ3) is 4.74. The van der Waals surface area contributed by atoms with Crippen molar-refractivity contribution in [3.8, 4) is 11.5 Å². The fourth-order valence-electron chi connectivity index (χ4n) is 2.08. The van der Waals surface area contributed by atoms with Crippen LogP contribution in [0.1, 0.15) is 25.0 Å². The van der Waals surface area contributed by atoms with Gasteiger partial charge in [-0.25, -0.2) is 0 Å². The van der Waals surface area contributed by atoms with Gasteiger partial charge >= 0.3 is 0 Å². The minimum atomic E-state index is 0.500. The van der Waals surface area contributed by atoms with Gasteiger partial charge in [-0.15, -0.1) is 0 Å². The van der Waals surface area contributed by atoms with Crippen molar-refractivity contribution in [2.24, 2.45) is 11.1 Å². The summed E-state index contributed by atoms with van der Waals surface area (Å²) in [5.41, 5.74) is 2.70. The molecule has 0 aliphatic carbocycles. The molecule has 0 atom stereocenters. The molecule has 0 fully saturated rings. The van der Waals surface area contributed by atoms with E-state index in [9.17, 15) is 0 Å². The van der Waals surface area contributed by atoms with Crippen LogP contribution >= 0.6 is 0 Å². The fraction of sp³-hybridized carbons (Fsp3) is 0.316. The Labute approximate surface area is 137 Å². The molecule has 4 nitrogen and oxygen atoms in total. The topological polar surface area (TPSA) is 40.0 Å². The van der Waals surface area contributed by atoms with Crippen LogP contribution in [-0.4, -0.2) is 26.5 Å². The van der Waals surface area contributed by atoms with Gasteiger partial charge in [0.25, 0.3) is 0 Å². The zero-order chi connectivity index (χ0) is 16.7. The molecule has 2 aromatic rings. The average molecular weight is 313 g/mol. The highest BCUT2D eigenvalue weighted by molar-refractivity contribution is 6.12. The van der Waals surface area contributed by atoms with Crippen LogP contribution in [0.5, 0.6) is 11.5 Å². The summed E-state index contributed by atoms with van der Waals surface area (Å²) >= 11 is 0. The number of hydrogen-bond donors (Lipinski definition) is 0. The molecule has 0 saturated heterocycles. The Balaban J connectivity index is 2.22. The molecule has 0 aromatic heterocycles. The highest BCUT2D eigenvalue weighted by Crippen LogP contribution is 2.19. The van der Waals surface area contributed by atoms with Crippen molar-refractivity contribution in [3.05, 3.63) is 59.7 Å². The monoisotopic (exact) mass is 313 g/mol. The molecule has 0 amide bonds. The van der Waals surface area contributed by atoms with Gasteiger partial charge in [0.15, 0.2) is 0 Å². The standard InChI is InChI=1S/C19H23NO3/c1-14(2)13-23-18-11-7-16(8-12-18)19(20-22-4)15-5-9-17(21-3)10-6-15/h5-12,14H,13H2,1-4H3/b20-19+. The third-order valence-electron chi connectivity index (χ3n) is 3.26. The molecule has 23 heavy (non-hydrogen) atoms. The van der Waals surface area contributed by atoms with Crippen LogP contribution in [0.15, 0.2) is 53.7 Å². The Morgan fingerprint density at radius 1 is 0.870 bits per heavy atom. The maximum Gasteiger partial charge on any atom is 0.119 e. The molecule has 0 heterocycles. The lowest BCUT2D eigenvalue weighted by atomic mass is 10.0. The molecule has 0 N–H and O–H groups in total. The molecule has 2 aromatic carbocycles. The minimum absolute atomic E-state index is 0.500. The Hall–Kier alpha value is -2.49. The van der Waals surface area contributed by atoms with Crippen LogP contribution < -0.4 is 9.47 Å². The van der Waals surface area contributed by atoms with Crippen LogP contribution in [0, 0.1) is 5.92 Å². The van der Waals surface area contributed by atoms with Gasteiger partial charge in [0.1, 0.15) is 24.3 Å². The molecule has 0 aliphatic heterocycles. The van der Waals surface area contributed by atoms with E-state index in [1.54, 1.807) is 14.2 Å². The van der Waals surface area contributed by atoms with Gasteiger partial charge in [-0.2, -0.15) is 0 Å². The van der Waals surface area contributed by atoms with Crippen molar-refractivity contribution in [1.82, 2.24) is 0 Å². The maximum atomic E-state index is 5.71. The molecule has 122 valence electrons. The van der Waals surface area contributed by atoms with Crippen LogP contribution in [0.3, 0.4) is 0 Å². The molecule has 0 aliphatic rings. The Morgan fingerprint density at radius 3 is 1.83 bits per heavy atom. The van der Waals surface area contributed by atoms with Crippen molar-refractivity contribution in [2.45, 2.75) is 13.8 Å². The fourth-order valence-corrected chi connectivity index (χ4v) is 2.08. The first-order valence-electron chi connectivity index (χ1n) is 7.63. The van der Waals surface area contributed by atoms with Crippen LogP contribution in [0.2, 0.25) is 0 Å². The summed E-state index contributed by atoms with van der Waals surface area (Å²) in [6, 6.07) is 15.6. The van der Waals surface area contributed by atoms with Gasteiger partial charge in [-0.1, -0.05) is 19.0 Å². The number of benzene rings is 2. The van der Waals surface area contributed by atoms with Crippen molar-refractivity contribution in [3.63, 3.8) is 0 Å². The van der Waals surface area contributed by atoms with Crippen LogP contribution in [0.4, 0.5) is 0 Å². The van der Waals surface area contributed by atoms with Crippen molar-refractivity contribution >= 4 is 5.71 Å². The summed E-state index contributed by atoms with van der Waals surface area (Å²) in [4.78, 5) is 5.00. The number of rotatable bonds is 7. The molecule has 2 rings (SSSR count). The molecule has 4 heteroatoms. The van der Waals surface area contributed by atoms with Gasteiger partial charge in [0.2, 0.25) is 0 Å².